The Kier molecular flexibility index (Phi) is 3.22. The Hall–Kier alpha value is -1.39. The van der Waals surface area contributed by atoms with Crippen LogP contribution in [0.25, 0.3) is 0 Å². The van der Waals surface area contributed by atoms with Crippen molar-refractivity contribution in [1.82, 2.24) is 4.98 Å². The second-order valence-electron chi connectivity index (χ2n) is 3.39. The Balaban J connectivity index is 2.26. The molecule has 84 valence electrons. The quantitative estimate of drug-likeness (QED) is 0.829. The molecule has 1 N–H and O–H groups in total. The highest BCUT2D eigenvalue weighted by molar-refractivity contribution is 7.11. The SMILES string of the molecule is CCC(O)(Oc1cccs1)c1ccccn1. The Morgan fingerprint density at radius 1 is 1.38 bits per heavy atom. The van der Waals surface area contributed by atoms with E-state index in [1.807, 2.05) is 36.6 Å². The van der Waals surface area contributed by atoms with Crippen molar-refractivity contribution in [3.8, 4) is 5.06 Å². The molecule has 2 aromatic heterocycles. The molecule has 4 heteroatoms. The van der Waals surface area contributed by atoms with Crippen LogP contribution < -0.4 is 4.74 Å². The van der Waals surface area contributed by atoms with E-state index in [1.54, 1.807) is 12.3 Å². The minimum Gasteiger partial charge on any atom is -0.447 e. The third kappa shape index (κ3) is 2.23. The van der Waals surface area contributed by atoms with Crippen LogP contribution in [-0.2, 0) is 5.79 Å². The molecule has 0 radical (unpaired) electrons. The highest BCUT2D eigenvalue weighted by Gasteiger charge is 2.31. The Bertz CT molecular complexity index is 430. The van der Waals surface area contributed by atoms with Crippen LogP contribution in [0, 0.1) is 0 Å². The van der Waals surface area contributed by atoms with E-state index in [2.05, 4.69) is 4.98 Å². The molecular weight excluding hydrogens is 222 g/mol. The highest BCUT2D eigenvalue weighted by atomic mass is 32.1. The van der Waals surface area contributed by atoms with Gasteiger partial charge in [-0.25, -0.2) is 0 Å². The van der Waals surface area contributed by atoms with E-state index >= 15 is 0 Å². The van der Waals surface area contributed by atoms with Gasteiger partial charge in [-0.3, -0.25) is 4.98 Å². The van der Waals surface area contributed by atoms with Gasteiger partial charge in [-0.2, -0.15) is 0 Å². The van der Waals surface area contributed by atoms with E-state index in [-0.39, 0.29) is 0 Å². The smallest absolute Gasteiger partial charge is 0.252 e. The van der Waals surface area contributed by atoms with E-state index in [9.17, 15) is 5.11 Å². The summed E-state index contributed by atoms with van der Waals surface area (Å²) in [7, 11) is 0. The monoisotopic (exact) mass is 235 g/mol. The summed E-state index contributed by atoms with van der Waals surface area (Å²) in [6, 6.07) is 9.12. The lowest BCUT2D eigenvalue weighted by atomic mass is 10.1. The molecule has 0 aliphatic heterocycles. The number of aromatic nitrogens is 1. The first-order valence-electron chi connectivity index (χ1n) is 5.11. The normalized spacial score (nSPS) is 14.4. The fraction of sp³-hybridized carbons (Fsp3) is 0.250. The van der Waals surface area contributed by atoms with E-state index in [4.69, 9.17) is 4.74 Å². The van der Waals surface area contributed by atoms with Crippen LogP contribution in [0.4, 0.5) is 0 Å². The van der Waals surface area contributed by atoms with Crippen LogP contribution in [-0.4, -0.2) is 10.1 Å². The van der Waals surface area contributed by atoms with Gasteiger partial charge in [-0.1, -0.05) is 13.0 Å². The topological polar surface area (TPSA) is 42.4 Å². The predicted octanol–water partition coefficient (Wildman–Crippen LogP) is 2.78. The van der Waals surface area contributed by atoms with Crippen molar-refractivity contribution < 1.29 is 9.84 Å². The minimum atomic E-state index is -1.34. The number of pyridine rings is 1. The molecule has 16 heavy (non-hydrogen) atoms. The number of thiophene rings is 1. The molecule has 1 unspecified atom stereocenters. The van der Waals surface area contributed by atoms with Crippen LogP contribution in [0.2, 0.25) is 0 Å². The number of hydrogen-bond acceptors (Lipinski definition) is 4. The second-order valence-corrected chi connectivity index (χ2v) is 4.30. The highest BCUT2D eigenvalue weighted by Crippen LogP contribution is 2.30. The molecule has 0 saturated carbocycles. The van der Waals surface area contributed by atoms with Crippen molar-refractivity contribution in [3.63, 3.8) is 0 Å². The van der Waals surface area contributed by atoms with E-state index in [0.717, 1.165) is 0 Å². The molecule has 0 saturated heterocycles. The van der Waals surface area contributed by atoms with Gasteiger partial charge in [0.05, 0.1) is 0 Å². The van der Waals surface area contributed by atoms with Gasteiger partial charge in [0.15, 0.2) is 5.06 Å². The van der Waals surface area contributed by atoms with E-state index < -0.39 is 5.79 Å². The molecule has 0 bridgehead atoms. The number of nitrogens with zero attached hydrogens (tertiary/aromatic N) is 1. The lowest BCUT2D eigenvalue weighted by molar-refractivity contribution is -0.149. The first-order chi connectivity index (χ1) is 7.74. The van der Waals surface area contributed by atoms with Gasteiger partial charge < -0.3 is 9.84 Å². The van der Waals surface area contributed by atoms with Crippen LogP contribution >= 0.6 is 11.3 Å². The van der Waals surface area contributed by atoms with Crippen molar-refractivity contribution in [2.45, 2.75) is 19.1 Å². The van der Waals surface area contributed by atoms with Gasteiger partial charge in [0.1, 0.15) is 5.69 Å². The summed E-state index contributed by atoms with van der Waals surface area (Å²) in [5.41, 5.74) is 0.533. The maximum atomic E-state index is 10.4. The first kappa shape index (κ1) is 11.1. The molecule has 0 aliphatic carbocycles. The third-order valence-corrected chi connectivity index (χ3v) is 3.05. The van der Waals surface area contributed by atoms with Crippen molar-refractivity contribution in [2.24, 2.45) is 0 Å². The number of hydrogen-bond donors (Lipinski definition) is 1. The lowest BCUT2D eigenvalue weighted by Gasteiger charge is -2.26. The Morgan fingerprint density at radius 3 is 2.81 bits per heavy atom. The lowest BCUT2D eigenvalue weighted by Crippen LogP contribution is -2.32. The summed E-state index contributed by atoms with van der Waals surface area (Å²) in [5, 5.41) is 13.0. The molecule has 0 spiro atoms. The summed E-state index contributed by atoms with van der Waals surface area (Å²) in [6.07, 6.45) is 2.09. The van der Waals surface area contributed by atoms with Crippen molar-refractivity contribution in [1.29, 1.82) is 0 Å². The number of rotatable bonds is 4. The average molecular weight is 235 g/mol. The van der Waals surface area contributed by atoms with Gasteiger partial charge in [0, 0.05) is 12.6 Å². The van der Waals surface area contributed by atoms with E-state index in [0.29, 0.717) is 17.2 Å². The molecule has 0 fully saturated rings. The van der Waals surface area contributed by atoms with Crippen molar-refractivity contribution in [3.05, 3.63) is 47.6 Å². The fourth-order valence-electron chi connectivity index (χ4n) is 1.39. The van der Waals surface area contributed by atoms with Crippen LogP contribution in [0.5, 0.6) is 5.06 Å². The molecule has 2 heterocycles. The van der Waals surface area contributed by atoms with Crippen LogP contribution in [0.3, 0.4) is 0 Å². The standard InChI is InChI=1S/C12H13NO2S/c1-2-12(14,10-6-3-4-8-13-10)15-11-7-5-9-16-11/h3-9,14H,2H2,1H3. The van der Waals surface area contributed by atoms with Gasteiger partial charge in [-0.15, -0.1) is 11.3 Å². The zero-order valence-corrected chi connectivity index (χ0v) is 9.78. The molecule has 0 amide bonds. The molecular formula is C12H13NO2S. The maximum Gasteiger partial charge on any atom is 0.252 e. The van der Waals surface area contributed by atoms with E-state index in [1.165, 1.54) is 11.3 Å². The maximum absolute atomic E-state index is 10.4. The van der Waals surface area contributed by atoms with Crippen molar-refractivity contribution >= 4 is 11.3 Å². The van der Waals surface area contributed by atoms with Crippen LogP contribution in [0.15, 0.2) is 41.9 Å². The van der Waals surface area contributed by atoms with Gasteiger partial charge in [0.25, 0.3) is 5.79 Å². The summed E-state index contributed by atoms with van der Waals surface area (Å²) in [6.45, 7) is 1.86. The average Bonchev–Trinajstić information content (AvgIpc) is 2.83. The number of ether oxygens (including phenoxy) is 1. The molecule has 2 rings (SSSR count). The summed E-state index contributed by atoms with van der Waals surface area (Å²) in [4.78, 5) is 4.13. The van der Waals surface area contributed by atoms with Gasteiger partial charge in [-0.05, 0) is 29.6 Å². The Morgan fingerprint density at radius 2 is 2.25 bits per heavy atom. The molecule has 1 atom stereocenters. The first-order valence-corrected chi connectivity index (χ1v) is 5.99. The van der Waals surface area contributed by atoms with Crippen LogP contribution in [0.1, 0.15) is 19.0 Å². The zero-order chi connectivity index (χ0) is 11.4. The molecule has 2 aromatic rings. The fourth-order valence-corrected chi connectivity index (χ4v) is 2.02. The molecule has 0 aromatic carbocycles. The molecule has 3 nitrogen and oxygen atoms in total. The summed E-state index contributed by atoms with van der Waals surface area (Å²) in [5.74, 6) is -1.34. The number of aliphatic hydroxyl groups is 1. The summed E-state index contributed by atoms with van der Waals surface area (Å²) < 4.78 is 5.59. The predicted molar refractivity (Wildman–Crippen MR) is 63.4 cm³/mol. The van der Waals surface area contributed by atoms with Gasteiger partial charge >= 0.3 is 0 Å². The molecule has 0 aliphatic rings. The second kappa shape index (κ2) is 4.63. The Labute approximate surface area is 98.4 Å². The third-order valence-electron chi connectivity index (χ3n) is 2.31. The van der Waals surface area contributed by atoms with Crippen molar-refractivity contribution in [2.75, 3.05) is 0 Å². The largest absolute Gasteiger partial charge is 0.447 e. The minimum absolute atomic E-state index is 0.446. The van der Waals surface area contributed by atoms with Gasteiger partial charge in [0.2, 0.25) is 0 Å². The summed E-state index contributed by atoms with van der Waals surface area (Å²) >= 11 is 1.45. The zero-order valence-electron chi connectivity index (χ0n) is 8.96.